The van der Waals surface area contributed by atoms with Crippen molar-refractivity contribution in [2.24, 2.45) is 5.92 Å². The molecule has 5 nitrogen and oxygen atoms in total. The van der Waals surface area contributed by atoms with Crippen LogP contribution in [0.2, 0.25) is 0 Å². The minimum atomic E-state index is -0.463. The summed E-state index contributed by atoms with van der Waals surface area (Å²) >= 11 is 0. The third kappa shape index (κ3) is 4.03. The zero-order valence-electron chi connectivity index (χ0n) is 16.5. The molecule has 5 heteroatoms. The molecular weight excluding hydrogens is 326 g/mol. The van der Waals surface area contributed by atoms with Crippen LogP contribution < -0.4 is 0 Å². The summed E-state index contributed by atoms with van der Waals surface area (Å²) in [7, 11) is 0. The number of rotatable bonds is 8. The number of Topliss-reactive ketones (excluding diaryl/α,β-unsaturated/α-hetero) is 1. The van der Waals surface area contributed by atoms with Gasteiger partial charge in [-0.15, -0.1) is 0 Å². The molecule has 0 aliphatic carbocycles. The number of benzene rings is 1. The van der Waals surface area contributed by atoms with Gasteiger partial charge in [-0.2, -0.15) is 5.10 Å². The fraction of sp³-hybridized carbons (Fsp3) is 0.476. The lowest BCUT2D eigenvalue weighted by Gasteiger charge is -2.24. The normalized spacial score (nSPS) is 11.0. The maximum Gasteiger partial charge on any atom is 0.295 e. The van der Waals surface area contributed by atoms with Crippen LogP contribution in [0.25, 0.3) is 5.69 Å². The average molecular weight is 355 g/mol. The number of carbonyl (C=O) groups is 2. The van der Waals surface area contributed by atoms with Gasteiger partial charge in [0.05, 0.1) is 22.6 Å². The van der Waals surface area contributed by atoms with Gasteiger partial charge in [0, 0.05) is 13.1 Å². The highest BCUT2D eigenvalue weighted by atomic mass is 16.2. The molecule has 26 heavy (non-hydrogen) atoms. The summed E-state index contributed by atoms with van der Waals surface area (Å²) in [6.45, 7) is 10.9. The molecule has 140 valence electrons. The van der Waals surface area contributed by atoms with Crippen LogP contribution in [0.1, 0.15) is 55.4 Å². The predicted octanol–water partition coefficient (Wildman–Crippen LogP) is 3.96. The molecule has 0 N–H and O–H groups in total. The molecule has 0 aliphatic rings. The highest BCUT2D eigenvalue weighted by Crippen LogP contribution is 2.20. The van der Waals surface area contributed by atoms with E-state index in [0.717, 1.165) is 18.5 Å². The van der Waals surface area contributed by atoms with Gasteiger partial charge >= 0.3 is 0 Å². The van der Waals surface area contributed by atoms with Crippen LogP contribution in [0, 0.1) is 19.8 Å². The summed E-state index contributed by atoms with van der Waals surface area (Å²) in [6, 6.07) is 9.64. The van der Waals surface area contributed by atoms with Gasteiger partial charge in [-0.25, -0.2) is 4.68 Å². The van der Waals surface area contributed by atoms with Gasteiger partial charge in [-0.05, 0) is 38.8 Å². The fourth-order valence-electron chi connectivity index (χ4n) is 3.26. The quantitative estimate of drug-likeness (QED) is 0.532. The number of likely N-dealkylation sites (N-methyl/N-ethyl adjacent to an activating group) is 1. The van der Waals surface area contributed by atoms with Crippen molar-refractivity contribution in [3.63, 3.8) is 0 Å². The standard InChI is InChI=1S/C21H29N3O2/c1-6-17(7-2)14-23(8-3)21(26)20(25)19-15(4)22-24(16(19)5)18-12-10-9-11-13-18/h9-13,17H,6-8,14H2,1-5H3. The second-order valence-corrected chi connectivity index (χ2v) is 6.65. The molecule has 0 spiro atoms. The molecule has 0 saturated heterocycles. The van der Waals surface area contributed by atoms with E-state index in [-0.39, 0.29) is 0 Å². The monoisotopic (exact) mass is 355 g/mol. The van der Waals surface area contributed by atoms with E-state index >= 15 is 0 Å². The first-order valence-corrected chi connectivity index (χ1v) is 9.39. The van der Waals surface area contributed by atoms with Gasteiger partial charge < -0.3 is 4.90 Å². The Labute approximate surface area is 156 Å². The van der Waals surface area contributed by atoms with Crippen LogP contribution in [0.15, 0.2) is 30.3 Å². The number of ketones is 1. The molecule has 1 aromatic heterocycles. The smallest absolute Gasteiger partial charge is 0.295 e. The Morgan fingerprint density at radius 1 is 1.08 bits per heavy atom. The zero-order chi connectivity index (χ0) is 19.3. The Balaban J connectivity index is 2.31. The Morgan fingerprint density at radius 2 is 1.69 bits per heavy atom. The Morgan fingerprint density at radius 3 is 2.23 bits per heavy atom. The van der Waals surface area contributed by atoms with E-state index in [1.165, 1.54) is 0 Å². The van der Waals surface area contributed by atoms with Crippen LogP contribution in [-0.4, -0.2) is 39.5 Å². The maximum absolute atomic E-state index is 12.9. The molecule has 1 aromatic carbocycles. The number of hydrogen-bond donors (Lipinski definition) is 0. The van der Waals surface area contributed by atoms with Gasteiger partial charge in [0.1, 0.15) is 0 Å². The molecule has 0 bridgehead atoms. The number of aryl methyl sites for hydroxylation is 1. The summed E-state index contributed by atoms with van der Waals surface area (Å²) in [6.07, 6.45) is 2.00. The fourth-order valence-corrected chi connectivity index (χ4v) is 3.26. The molecule has 0 saturated carbocycles. The molecule has 0 radical (unpaired) electrons. The Hall–Kier alpha value is -2.43. The summed E-state index contributed by atoms with van der Waals surface area (Å²) < 4.78 is 1.73. The third-order valence-corrected chi connectivity index (χ3v) is 5.02. The molecule has 2 rings (SSSR count). The predicted molar refractivity (Wildman–Crippen MR) is 104 cm³/mol. The number of amides is 1. The highest BCUT2D eigenvalue weighted by Gasteiger charge is 2.29. The molecule has 0 fully saturated rings. The van der Waals surface area contributed by atoms with Crippen molar-refractivity contribution >= 4 is 11.7 Å². The van der Waals surface area contributed by atoms with Gasteiger partial charge in [0.25, 0.3) is 11.7 Å². The van der Waals surface area contributed by atoms with Gasteiger partial charge in [-0.1, -0.05) is 44.9 Å². The molecule has 1 heterocycles. The topological polar surface area (TPSA) is 55.2 Å². The SMILES string of the molecule is CCC(CC)CN(CC)C(=O)C(=O)c1c(C)nn(-c2ccccc2)c1C. The summed E-state index contributed by atoms with van der Waals surface area (Å²) in [5.74, 6) is -0.478. The second kappa shape index (κ2) is 8.79. The maximum atomic E-state index is 12.9. The summed E-state index contributed by atoms with van der Waals surface area (Å²) in [5.41, 5.74) is 2.58. The molecule has 0 unspecified atom stereocenters. The van der Waals surface area contributed by atoms with Gasteiger partial charge in [0.15, 0.2) is 0 Å². The van der Waals surface area contributed by atoms with E-state index in [9.17, 15) is 9.59 Å². The lowest BCUT2D eigenvalue weighted by molar-refractivity contribution is -0.126. The minimum absolute atomic E-state index is 0.418. The molecule has 1 amide bonds. The molecule has 0 aliphatic heterocycles. The summed E-state index contributed by atoms with van der Waals surface area (Å²) in [5, 5.41) is 4.49. The van der Waals surface area contributed by atoms with Crippen LogP contribution in [0.4, 0.5) is 0 Å². The van der Waals surface area contributed by atoms with Crippen LogP contribution in [0.3, 0.4) is 0 Å². The first-order chi connectivity index (χ1) is 12.4. The summed E-state index contributed by atoms with van der Waals surface area (Å²) in [4.78, 5) is 27.4. The van der Waals surface area contributed by atoms with Crippen LogP contribution in [0.5, 0.6) is 0 Å². The van der Waals surface area contributed by atoms with E-state index < -0.39 is 11.7 Å². The molecule has 0 atom stereocenters. The van der Waals surface area contributed by atoms with E-state index in [1.807, 2.05) is 44.2 Å². The number of carbonyl (C=O) groups excluding carboxylic acids is 2. The zero-order valence-corrected chi connectivity index (χ0v) is 16.5. The lowest BCUT2D eigenvalue weighted by atomic mass is 10.0. The Bertz CT molecular complexity index is 761. The van der Waals surface area contributed by atoms with Gasteiger partial charge in [0.2, 0.25) is 0 Å². The van der Waals surface area contributed by atoms with E-state index in [4.69, 9.17) is 0 Å². The van der Waals surface area contributed by atoms with Crippen molar-refractivity contribution in [3.8, 4) is 5.69 Å². The number of para-hydroxylation sites is 1. The van der Waals surface area contributed by atoms with E-state index in [0.29, 0.717) is 36.0 Å². The number of nitrogens with zero attached hydrogens (tertiary/aromatic N) is 3. The van der Waals surface area contributed by atoms with Crippen molar-refractivity contribution in [2.45, 2.75) is 47.5 Å². The van der Waals surface area contributed by atoms with Crippen LogP contribution in [-0.2, 0) is 4.79 Å². The van der Waals surface area contributed by atoms with Crippen molar-refractivity contribution in [1.29, 1.82) is 0 Å². The number of hydrogen-bond acceptors (Lipinski definition) is 3. The van der Waals surface area contributed by atoms with E-state index in [1.54, 1.807) is 16.5 Å². The first kappa shape index (κ1) is 19.9. The van der Waals surface area contributed by atoms with Crippen molar-refractivity contribution < 1.29 is 9.59 Å². The van der Waals surface area contributed by atoms with Gasteiger partial charge in [-0.3, -0.25) is 9.59 Å². The van der Waals surface area contributed by atoms with Crippen molar-refractivity contribution in [1.82, 2.24) is 14.7 Å². The number of aromatic nitrogens is 2. The third-order valence-electron chi connectivity index (χ3n) is 5.02. The Kier molecular flexibility index (Phi) is 6.72. The van der Waals surface area contributed by atoms with E-state index in [2.05, 4.69) is 18.9 Å². The van der Waals surface area contributed by atoms with Crippen molar-refractivity contribution in [2.75, 3.05) is 13.1 Å². The molecular formula is C21H29N3O2. The largest absolute Gasteiger partial charge is 0.336 e. The second-order valence-electron chi connectivity index (χ2n) is 6.65. The van der Waals surface area contributed by atoms with Crippen molar-refractivity contribution in [3.05, 3.63) is 47.3 Å². The van der Waals surface area contributed by atoms with Crippen LogP contribution >= 0.6 is 0 Å². The molecule has 2 aromatic rings. The average Bonchev–Trinajstić information content (AvgIpc) is 2.96. The first-order valence-electron chi connectivity index (χ1n) is 9.39. The minimum Gasteiger partial charge on any atom is -0.336 e. The highest BCUT2D eigenvalue weighted by molar-refractivity contribution is 6.43. The lowest BCUT2D eigenvalue weighted by Crippen LogP contribution is -2.39.